The summed E-state index contributed by atoms with van der Waals surface area (Å²) in [6.07, 6.45) is 0. The molecular weight excluding hydrogens is 435 g/mol. The Labute approximate surface area is 187 Å². The van der Waals surface area contributed by atoms with Crippen LogP contribution in [0.1, 0.15) is 0 Å². The predicted octanol–water partition coefficient (Wildman–Crippen LogP) is 6.22. The van der Waals surface area contributed by atoms with Crippen LogP contribution in [0.5, 0.6) is 0 Å². The van der Waals surface area contributed by atoms with E-state index in [2.05, 4.69) is 125 Å². The van der Waals surface area contributed by atoms with E-state index < -0.39 is 32.5 Å². The Morgan fingerprint density at radius 2 is 0.931 bits per heavy atom. The second-order valence-electron chi connectivity index (χ2n) is 11.1. The Kier molecular flexibility index (Phi) is 7.00. The first-order chi connectivity index (χ1) is 13.3. The molecule has 0 amide bonds. The van der Waals surface area contributed by atoms with Gasteiger partial charge in [-0.1, -0.05) is 120 Å². The third kappa shape index (κ3) is 3.79. The Hall–Kier alpha value is -0.892. The molecule has 2 rings (SSSR count). The van der Waals surface area contributed by atoms with Crippen LogP contribution in [0.15, 0.2) is 65.3 Å². The maximum atomic E-state index is 5.40. The lowest BCUT2D eigenvalue weighted by Gasteiger charge is -2.65. The minimum absolute atomic E-state index is 0.245. The molecule has 0 aliphatic carbocycles. The molecule has 0 saturated heterocycles. The van der Waals surface area contributed by atoms with Gasteiger partial charge in [0.05, 0.1) is 0 Å². The van der Waals surface area contributed by atoms with Crippen molar-refractivity contribution < 1.29 is 0 Å². The van der Waals surface area contributed by atoms with Gasteiger partial charge in [0, 0.05) is 29.4 Å². The van der Waals surface area contributed by atoms with Gasteiger partial charge >= 0.3 is 0 Å². The van der Waals surface area contributed by atoms with Gasteiger partial charge in [-0.25, -0.2) is 0 Å². The lowest BCUT2D eigenvalue weighted by atomic mass is 10.4. The summed E-state index contributed by atoms with van der Waals surface area (Å²) in [6.45, 7) is 23.3. The summed E-state index contributed by atoms with van der Waals surface area (Å²) in [5, 5.41) is 5.76. The van der Waals surface area contributed by atoms with Crippen LogP contribution < -0.4 is 10.4 Å². The summed E-state index contributed by atoms with van der Waals surface area (Å²) in [5.74, 6) is 0. The minimum Gasteiger partial charge on any atom is -0.262 e. The standard InChI is InChI=1S/C23H37NSSi4/c1-26(2,3)23(27(4,5)6,28(7,8)9)29(24-20-25,21-16-12-10-13-17-21)22-18-14-11-15-19-22/h10-19H,1-9H3. The monoisotopic (exact) mass is 471 g/mol. The van der Waals surface area contributed by atoms with Crippen LogP contribution in [-0.4, -0.2) is 37.6 Å². The van der Waals surface area contributed by atoms with E-state index in [0.717, 1.165) is 0 Å². The summed E-state index contributed by atoms with van der Waals surface area (Å²) < 4.78 is 5.62. The fourth-order valence-electron chi connectivity index (χ4n) is 7.24. The first-order valence-corrected chi connectivity index (χ1v) is 23.3. The molecule has 2 aromatic carbocycles. The highest BCUT2D eigenvalue weighted by Crippen LogP contribution is 2.59. The summed E-state index contributed by atoms with van der Waals surface area (Å²) >= 11 is 5.40. The van der Waals surface area contributed by atoms with Gasteiger partial charge in [0.15, 0.2) is 0 Å². The molecule has 0 N–H and O–H groups in total. The quantitative estimate of drug-likeness (QED) is 0.265. The summed E-state index contributed by atoms with van der Waals surface area (Å²) in [6, 6.07) is 22.3. The van der Waals surface area contributed by atoms with Crippen LogP contribution in [0, 0.1) is 0 Å². The Morgan fingerprint density at radius 1 is 0.621 bits per heavy atom. The van der Waals surface area contributed by atoms with Crippen molar-refractivity contribution in [1.82, 2.24) is 0 Å². The number of hydrogen-bond acceptors (Lipinski definition) is 2. The van der Waals surface area contributed by atoms with Crippen molar-refractivity contribution in [1.29, 1.82) is 0 Å². The molecule has 6 heteroatoms. The van der Waals surface area contributed by atoms with Crippen LogP contribution in [0.4, 0.5) is 0 Å². The minimum atomic E-state index is -2.64. The smallest absolute Gasteiger partial charge is 0.254 e. The van der Waals surface area contributed by atoms with Gasteiger partial charge in [0.25, 0.3) is 8.24 Å². The maximum absolute atomic E-state index is 5.40. The molecule has 0 aliphatic rings. The fourth-order valence-corrected chi connectivity index (χ4v) is 53.9. The van der Waals surface area contributed by atoms with Crippen LogP contribution in [0.25, 0.3) is 0 Å². The highest BCUT2D eigenvalue weighted by atomic mass is 32.1. The summed E-state index contributed by atoms with van der Waals surface area (Å²) in [7, 11) is -7.86. The molecule has 29 heavy (non-hydrogen) atoms. The van der Waals surface area contributed by atoms with Crippen molar-refractivity contribution in [3.8, 4) is 0 Å². The zero-order chi connectivity index (χ0) is 22.1. The second kappa shape index (κ2) is 8.33. The van der Waals surface area contributed by atoms with Gasteiger partial charge in [0.2, 0.25) is 0 Å². The molecule has 0 heterocycles. The van der Waals surface area contributed by atoms with E-state index >= 15 is 0 Å². The fraction of sp³-hybridized carbons (Fsp3) is 0.435. The number of thiocarbonyl (C=S) groups is 1. The zero-order valence-corrected chi connectivity index (χ0v) is 24.4. The Bertz CT molecular complexity index is 796. The van der Waals surface area contributed by atoms with Crippen LogP contribution >= 0.6 is 12.2 Å². The Morgan fingerprint density at radius 3 is 1.17 bits per heavy atom. The molecule has 156 valence electrons. The molecule has 0 radical (unpaired) electrons. The second-order valence-corrected chi connectivity index (χ2v) is 33.6. The average molecular weight is 472 g/mol. The van der Waals surface area contributed by atoms with Gasteiger partial charge in [-0.05, 0) is 26.5 Å². The van der Waals surface area contributed by atoms with Gasteiger partial charge in [-0.3, -0.25) is 4.66 Å². The van der Waals surface area contributed by atoms with E-state index in [1.54, 1.807) is 0 Å². The maximum Gasteiger partial charge on any atom is 0.254 e. The molecule has 0 atom stereocenters. The number of benzene rings is 2. The highest BCUT2D eigenvalue weighted by Gasteiger charge is 2.72. The summed E-state index contributed by atoms with van der Waals surface area (Å²) in [5.41, 5.74) is 0. The number of nitrogens with zero attached hydrogens (tertiary/aromatic N) is 1. The van der Waals surface area contributed by atoms with Gasteiger partial charge in [-0.2, -0.15) is 0 Å². The van der Waals surface area contributed by atoms with Crippen molar-refractivity contribution in [3.05, 3.63) is 60.7 Å². The van der Waals surface area contributed by atoms with Crippen molar-refractivity contribution in [2.75, 3.05) is 0 Å². The lowest BCUT2D eigenvalue weighted by molar-refractivity contribution is 1.18. The molecule has 1 nitrogen and oxygen atoms in total. The van der Waals surface area contributed by atoms with E-state index in [4.69, 9.17) is 16.9 Å². The topological polar surface area (TPSA) is 12.4 Å². The first-order valence-electron chi connectivity index (χ1n) is 10.5. The third-order valence-electron chi connectivity index (χ3n) is 6.51. The predicted molar refractivity (Wildman–Crippen MR) is 146 cm³/mol. The zero-order valence-electron chi connectivity index (χ0n) is 19.6. The Balaban J connectivity index is 3.28. The number of rotatable bonds is 7. The summed E-state index contributed by atoms with van der Waals surface area (Å²) in [4.78, 5) is 0. The van der Waals surface area contributed by atoms with Crippen molar-refractivity contribution in [3.63, 3.8) is 0 Å². The van der Waals surface area contributed by atoms with Gasteiger partial charge in [0.1, 0.15) is 0 Å². The first kappa shape index (κ1) is 24.4. The molecule has 0 aromatic heterocycles. The average Bonchev–Trinajstić information content (AvgIpc) is 2.59. The molecule has 0 fully saturated rings. The van der Waals surface area contributed by atoms with Gasteiger partial charge < -0.3 is 0 Å². The van der Waals surface area contributed by atoms with Crippen molar-refractivity contribution >= 4 is 60.2 Å². The SMILES string of the molecule is C[Si](C)(C)C([Si](C)(C)C)([Si](C)(C)C)[Si](N=C=S)(c1ccccc1)c1ccccc1. The van der Waals surface area contributed by atoms with E-state index in [-0.39, 0.29) is 3.91 Å². The molecule has 0 aliphatic heterocycles. The van der Waals surface area contributed by atoms with E-state index in [1.807, 2.05) is 0 Å². The van der Waals surface area contributed by atoms with E-state index in [9.17, 15) is 0 Å². The molecular formula is C23H37NSSi4. The van der Waals surface area contributed by atoms with Crippen molar-refractivity contribution in [2.24, 2.45) is 4.66 Å². The number of isothiocyanates is 1. The molecule has 2 aromatic rings. The largest absolute Gasteiger partial charge is 0.262 e. The normalized spacial score (nSPS) is 13.7. The van der Waals surface area contributed by atoms with E-state index in [0.29, 0.717) is 0 Å². The molecule has 0 bridgehead atoms. The van der Waals surface area contributed by atoms with Crippen LogP contribution in [-0.2, 0) is 0 Å². The third-order valence-corrected chi connectivity index (χ3v) is 40.9. The molecule has 0 saturated carbocycles. The highest BCUT2D eigenvalue weighted by molar-refractivity contribution is 7.78. The lowest BCUT2D eigenvalue weighted by Crippen LogP contribution is -2.83. The molecule has 0 unspecified atom stereocenters. The van der Waals surface area contributed by atoms with Crippen LogP contribution in [0.2, 0.25) is 62.8 Å². The number of hydrogen-bond donors (Lipinski definition) is 0. The van der Waals surface area contributed by atoms with Gasteiger partial charge in [-0.15, -0.1) is 0 Å². The van der Waals surface area contributed by atoms with E-state index in [1.165, 1.54) is 10.4 Å². The van der Waals surface area contributed by atoms with Crippen LogP contribution in [0.3, 0.4) is 0 Å². The molecule has 0 spiro atoms. The van der Waals surface area contributed by atoms with Crippen molar-refractivity contribution in [2.45, 2.75) is 62.8 Å².